The molecule has 3 aromatic carbocycles. The van der Waals surface area contributed by atoms with Crippen LogP contribution in [0.4, 0.5) is 0 Å². The van der Waals surface area contributed by atoms with Gasteiger partial charge >= 0.3 is 0 Å². The highest BCUT2D eigenvalue weighted by Gasteiger charge is 2.25. The van der Waals surface area contributed by atoms with Gasteiger partial charge < -0.3 is 15.5 Å². The number of nitrogens with zero attached hydrogens (tertiary/aromatic N) is 1. The summed E-state index contributed by atoms with van der Waals surface area (Å²) in [5, 5.41) is 24.8. The van der Waals surface area contributed by atoms with Crippen LogP contribution < -0.4 is 5.32 Å². The van der Waals surface area contributed by atoms with Gasteiger partial charge in [-0.3, -0.25) is 4.79 Å². The number of amides is 1. The molecule has 0 aliphatic heterocycles. The molecule has 3 N–H and O–H groups in total. The minimum Gasteiger partial charge on any atom is -0.505 e. The van der Waals surface area contributed by atoms with Gasteiger partial charge in [-0.1, -0.05) is 78.9 Å². The van der Waals surface area contributed by atoms with E-state index in [1.54, 1.807) is 25.1 Å². The predicted octanol–water partition coefficient (Wildman–Crippen LogP) is 4.46. The van der Waals surface area contributed by atoms with Gasteiger partial charge in [0.05, 0.1) is 23.2 Å². The van der Waals surface area contributed by atoms with Gasteiger partial charge in [-0.2, -0.15) is 0 Å². The van der Waals surface area contributed by atoms with E-state index in [-0.39, 0.29) is 11.3 Å². The number of aromatic hydroxyl groups is 1. The molecule has 5 nitrogen and oxygen atoms in total. The molecule has 1 amide bonds. The average molecular weight is 398 g/mol. The largest absolute Gasteiger partial charge is 0.505 e. The summed E-state index contributed by atoms with van der Waals surface area (Å²) in [6, 6.07) is 25.1. The van der Waals surface area contributed by atoms with Crippen molar-refractivity contribution in [2.75, 3.05) is 0 Å². The number of hydrogen-bond donors (Lipinski definition) is 3. The summed E-state index contributed by atoms with van der Waals surface area (Å²) in [6.07, 6.45) is -0.819. The van der Waals surface area contributed by atoms with E-state index >= 15 is 0 Å². The van der Waals surface area contributed by atoms with Gasteiger partial charge in [-0.05, 0) is 18.6 Å². The lowest BCUT2D eigenvalue weighted by Gasteiger charge is -2.23. The lowest BCUT2D eigenvalue weighted by atomic mass is 9.99. The van der Waals surface area contributed by atoms with Crippen LogP contribution in [0.15, 0.2) is 84.9 Å². The molecule has 0 saturated carbocycles. The maximum atomic E-state index is 13.3. The van der Waals surface area contributed by atoms with E-state index < -0.39 is 18.1 Å². The monoisotopic (exact) mass is 398 g/mol. The first-order chi connectivity index (χ1) is 14.6. The Morgan fingerprint density at radius 3 is 2.17 bits per heavy atom. The van der Waals surface area contributed by atoms with E-state index in [9.17, 15) is 15.0 Å². The van der Waals surface area contributed by atoms with Crippen LogP contribution in [-0.4, -0.2) is 27.2 Å². The highest BCUT2D eigenvalue weighted by atomic mass is 16.3. The molecule has 1 aromatic heterocycles. The fourth-order valence-corrected chi connectivity index (χ4v) is 3.59. The molecule has 4 rings (SSSR count). The Labute approximate surface area is 174 Å². The Balaban J connectivity index is 1.83. The van der Waals surface area contributed by atoms with Crippen LogP contribution in [-0.2, 0) is 0 Å². The SMILES string of the molecule is C[C@H](O)[C@H](NC(=O)c1c(O)c(-c2ccccc2)nc2ccccc12)c1ccccc1. The third kappa shape index (κ3) is 3.75. The maximum Gasteiger partial charge on any atom is 0.256 e. The van der Waals surface area contributed by atoms with Crippen molar-refractivity contribution in [1.29, 1.82) is 0 Å². The molecular formula is C25H22N2O3. The number of aliphatic hydroxyl groups is 1. The number of hydrogen-bond acceptors (Lipinski definition) is 4. The van der Waals surface area contributed by atoms with Crippen molar-refractivity contribution in [1.82, 2.24) is 10.3 Å². The Morgan fingerprint density at radius 1 is 0.900 bits per heavy atom. The topological polar surface area (TPSA) is 82.5 Å². The van der Waals surface area contributed by atoms with Crippen molar-refractivity contribution in [3.05, 3.63) is 96.1 Å². The lowest BCUT2D eigenvalue weighted by molar-refractivity contribution is 0.0857. The number of para-hydroxylation sites is 1. The van der Waals surface area contributed by atoms with Crippen LogP contribution in [0.5, 0.6) is 5.75 Å². The van der Waals surface area contributed by atoms with E-state index in [1.165, 1.54) is 0 Å². The summed E-state index contributed by atoms with van der Waals surface area (Å²) in [4.78, 5) is 17.9. The maximum absolute atomic E-state index is 13.3. The first-order valence-electron chi connectivity index (χ1n) is 9.77. The fourth-order valence-electron chi connectivity index (χ4n) is 3.59. The van der Waals surface area contributed by atoms with Crippen molar-refractivity contribution < 1.29 is 15.0 Å². The number of pyridine rings is 1. The number of rotatable bonds is 5. The van der Waals surface area contributed by atoms with Crippen LogP contribution in [0.2, 0.25) is 0 Å². The Hall–Kier alpha value is -3.70. The van der Waals surface area contributed by atoms with E-state index in [0.717, 1.165) is 5.56 Å². The minimum atomic E-state index is -0.819. The van der Waals surface area contributed by atoms with E-state index in [2.05, 4.69) is 10.3 Å². The molecule has 0 bridgehead atoms. The molecule has 2 atom stereocenters. The molecular weight excluding hydrogens is 376 g/mol. The number of carbonyl (C=O) groups is 1. The summed E-state index contributed by atoms with van der Waals surface area (Å²) in [7, 11) is 0. The van der Waals surface area contributed by atoms with E-state index in [1.807, 2.05) is 66.7 Å². The van der Waals surface area contributed by atoms with Crippen molar-refractivity contribution >= 4 is 16.8 Å². The fraction of sp³-hybridized carbons (Fsp3) is 0.120. The quantitative estimate of drug-likeness (QED) is 0.464. The van der Waals surface area contributed by atoms with Crippen molar-refractivity contribution in [3.8, 4) is 17.0 Å². The van der Waals surface area contributed by atoms with Gasteiger partial charge in [0, 0.05) is 10.9 Å². The lowest BCUT2D eigenvalue weighted by Crippen LogP contribution is -2.35. The summed E-state index contributed by atoms with van der Waals surface area (Å²) in [5.74, 6) is -0.659. The second-order valence-corrected chi connectivity index (χ2v) is 7.17. The molecule has 0 radical (unpaired) electrons. The molecule has 1 heterocycles. The third-order valence-electron chi connectivity index (χ3n) is 5.07. The molecule has 0 unspecified atom stereocenters. The summed E-state index contributed by atoms with van der Waals surface area (Å²) in [6.45, 7) is 1.62. The zero-order valence-corrected chi connectivity index (χ0v) is 16.5. The standard InChI is InChI=1S/C25H22N2O3/c1-16(28)22(17-10-4-2-5-11-17)27-25(30)21-19-14-8-9-15-20(19)26-23(24(21)29)18-12-6-3-7-13-18/h2-16,22,28-29H,1H3,(H,27,30)/t16-,22-/m0/s1. The van der Waals surface area contributed by atoms with Crippen molar-refractivity contribution in [3.63, 3.8) is 0 Å². The molecule has 0 fully saturated rings. The van der Waals surface area contributed by atoms with Gasteiger partial charge in [-0.25, -0.2) is 4.98 Å². The molecule has 0 aliphatic carbocycles. The number of nitrogens with one attached hydrogen (secondary N) is 1. The van der Waals surface area contributed by atoms with Gasteiger partial charge in [0.15, 0.2) is 5.75 Å². The number of aromatic nitrogens is 1. The molecule has 150 valence electrons. The van der Waals surface area contributed by atoms with Crippen LogP contribution in [0.3, 0.4) is 0 Å². The molecule has 0 saturated heterocycles. The Morgan fingerprint density at radius 2 is 1.50 bits per heavy atom. The normalized spacial score (nSPS) is 13.0. The molecule has 4 aromatic rings. The average Bonchev–Trinajstić information content (AvgIpc) is 2.78. The number of carbonyl (C=O) groups excluding carboxylic acids is 1. The first-order valence-corrected chi connectivity index (χ1v) is 9.77. The van der Waals surface area contributed by atoms with E-state index in [4.69, 9.17) is 0 Å². The smallest absolute Gasteiger partial charge is 0.256 e. The number of aliphatic hydroxyl groups excluding tert-OH is 1. The van der Waals surface area contributed by atoms with Gasteiger partial charge in [0.25, 0.3) is 5.91 Å². The summed E-state index contributed by atoms with van der Waals surface area (Å²) < 4.78 is 0. The van der Waals surface area contributed by atoms with Gasteiger partial charge in [-0.15, -0.1) is 0 Å². The first kappa shape index (κ1) is 19.6. The molecule has 30 heavy (non-hydrogen) atoms. The number of fused-ring (bicyclic) bond motifs is 1. The zero-order valence-electron chi connectivity index (χ0n) is 16.5. The van der Waals surface area contributed by atoms with Crippen LogP contribution in [0.25, 0.3) is 22.2 Å². The van der Waals surface area contributed by atoms with Crippen LogP contribution >= 0.6 is 0 Å². The van der Waals surface area contributed by atoms with Crippen LogP contribution in [0.1, 0.15) is 28.9 Å². The Bertz CT molecular complexity index is 1180. The molecule has 0 aliphatic rings. The molecule has 0 spiro atoms. The summed E-state index contributed by atoms with van der Waals surface area (Å²) >= 11 is 0. The molecule has 5 heteroatoms. The Kier molecular flexibility index (Phi) is 5.46. The van der Waals surface area contributed by atoms with Crippen LogP contribution in [0, 0.1) is 0 Å². The second kappa shape index (κ2) is 8.35. The predicted molar refractivity (Wildman–Crippen MR) is 117 cm³/mol. The van der Waals surface area contributed by atoms with Crippen molar-refractivity contribution in [2.45, 2.75) is 19.1 Å². The second-order valence-electron chi connectivity index (χ2n) is 7.17. The van der Waals surface area contributed by atoms with Crippen molar-refractivity contribution in [2.24, 2.45) is 0 Å². The van der Waals surface area contributed by atoms with Gasteiger partial charge in [0.2, 0.25) is 0 Å². The highest BCUT2D eigenvalue weighted by molar-refractivity contribution is 6.10. The number of benzene rings is 3. The third-order valence-corrected chi connectivity index (χ3v) is 5.07. The van der Waals surface area contributed by atoms with E-state index in [0.29, 0.717) is 22.2 Å². The minimum absolute atomic E-state index is 0.140. The van der Waals surface area contributed by atoms with Gasteiger partial charge in [0.1, 0.15) is 5.69 Å². The zero-order chi connectivity index (χ0) is 21.1. The highest BCUT2D eigenvalue weighted by Crippen LogP contribution is 2.35. The summed E-state index contributed by atoms with van der Waals surface area (Å²) in [5.41, 5.74) is 2.58.